The maximum Gasteiger partial charge on any atom is 0.140 e. The Labute approximate surface area is 83.9 Å². The first-order valence-electron chi connectivity index (χ1n) is 4.03. The van der Waals surface area contributed by atoms with Crippen molar-refractivity contribution in [2.45, 2.75) is 25.2 Å². The van der Waals surface area contributed by atoms with Crippen molar-refractivity contribution >= 4 is 33.0 Å². The quantitative estimate of drug-likeness (QED) is 0.741. The lowest BCUT2D eigenvalue weighted by atomic mass is 10.0. The molecule has 1 aliphatic carbocycles. The molecule has 2 rings (SSSR count). The third-order valence-electron chi connectivity index (χ3n) is 2.32. The summed E-state index contributed by atoms with van der Waals surface area (Å²) >= 11 is 5.12. The zero-order chi connectivity index (χ0) is 8.55. The normalized spacial score (nSPS) is 23.4. The van der Waals surface area contributed by atoms with Crippen molar-refractivity contribution in [3.63, 3.8) is 0 Å². The van der Waals surface area contributed by atoms with E-state index in [1.165, 1.54) is 5.56 Å². The summed E-state index contributed by atoms with van der Waals surface area (Å²) in [6.45, 7) is 0. The summed E-state index contributed by atoms with van der Waals surface area (Å²) in [5.74, 6) is 0.597. The fourth-order valence-corrected chi connectivity index (χ4v) is 3.31. The number of thiophene rings is 1. The van der Waals surface area contributed by atoms with Crippen LogP contribution in [0.1, 0.15) is 30.7 Å². The standard InChI is InChI=1S/C9H9BrOS/c10-8-5-12-4-7(8)6-2-1-3-9(6)11/h4-6H,1-3H2. The van der Waals surface area contributed by atoms with Crippen molar-refractivity contribution in [3.8, 4) is 0 Å². The predicted octanol–water partition coefficient (Wildman–Crippen LogP) is 3.35. The van der Waals surface area contributed by atoms with Crippen molar-refractivity contribution in [1.82, 2.24) is 0 Å². The van der Waals surface area contributed by atoms with Crippen LogP contribution in [0.3, 0.4) is 0 Å². The van der Waals surface area contributed by atoms with Gasteiger partial charge in [-0.1, -0.05) is 0 Å². The highest BCUT2D eigenvalue weighted by molar-refractivity contribution is 9.10. The molecule has 1 aromatic heterocycles. The summed E-state index contributed by atoms with van der Waals surface area (Å²) in [6.07, 6.45) is 2.87. The Kier molecular flexibility index (Phi) is 2.33. The van der Waals surface area contributed by atoms with E-state index in [1.807, 2.05) is 5.38 Å². The van der Waals surface area contributed by atoms with Crippen LogP contribution in [0.5, 0.6) is 0 Å². The second kappa shape index (κ2) is 3.30. The first kappa shape index (κ1) is 8.45. The van der Waals surface area contributed by atoms with Crippen LogP contribution in [-0.4, -0.2) is 5.78 Å². The Morgan fingerprint density at radius 2 is 2.33 bits per heavy atom. The van der Waals surface area contributed by atoms with Crippen LogP contribution in [0.2, 0.25) is 0 Å². The highest BCUT2D eigenvalue weighted by atomic mass is 79.9. The highest BCUT2D eigenvalue weighted by Gasteiger charge is 2.27. The van der Waals surface area contributed by atoms with Gasteiger partial charge < -0.3 is 0 Å². The van der Waals surface area contributed by atoms with Crippen molar-refractivity contribution < 1.29 is 4.79 Å². The molecule has 1 aromatic rings. The lowest BCUT2D eigenvalue weighted by molar-refractivity contribution is -0.118. The summed E-state index contributed by atoms with van der Waals surface area (Å²) in [5, 5.41) is 4.12. The van der Waals surface area contributed by atoms with Gasteiger partial charge in [0.15, 0.2) is 0 Å². The molecule has 1 saturated carbocycles. The van der Waals surface area contributed by atoms with Gasteiger partial charge in [-0.25, -0.2) is 0 Å². The van der Waals surface area contributed by atoms with Gasteiger partial charge in [-0.15, -0.1) is 0 Å². The van der Waals surface area contributed by atoms with E-state index >= 15 is 0 Å². The molecule has 0 amide bonds. The number of ketones is 1. The summed E-state index contributed by atoms with van der Waals surface area (Å²) in [5.41, 5.74) is 1.20. The van der Waals surface area contributed by atoms with Crippen LogP contribution in [0.25, 0.3) is 0 Å². The molecule has 1 fully saturated rings. The van der Waals surface area contributed by atoms with Crippen LogP contribution < -0.4 is 0 Å². The van der Waals surface area contributed by atoms with E-state index in [4.69, 9.17) is 0 Å². The lowest BCUT2D eigenvalue weighted by Gasteiger charge is -2.05. The topological polar surface area (TPSA) is 17.1 Å². The van der Waals surface area contributed by atoms with Crippen LogP contribution in [0, 0.1) is 0 Å². The van der Waals surface area contributed by atoms with E-state index in [0.717, 1.165) is 23.7 Å². The molecule has 3 heteroatoms. The van der Waals surface area contributed by atoms with Gasteiger partial charge >= 0.3 is 0 Å². The Balaban J connectivity index is 2.30. The Hall–Kier alpha value is -0.150. The molecule has 1 unspecified atom stereocenters. The van der Waals surface area contributed by atoms with E-state index in [2.05, 4.69) is 21.3 Å². The van der Waals surface area contributed by atoms with Gasteiger partial charge in [-0.2, -0.15) is 11.3 Å². The van der Waals surface area contributed by atoms with Crippen molar-refractivity contribution in [2.75, 3.05) is 0 Å². The van der Waals surface area contributed by atoms with E-state index in [9.17, 15) is 4.79 Å². The third-order valence-corrected chi connectivity index (χ3v) is 4.07. The summed E-state index contributed by atoms with van der Waals surface area (Å²) in [4.78, 5) is 11.4. The van der Waals surface area contributed by atoms with Crippen LogP contribution in [0.15, 0.2) is 15.2 Å². The molecular weight excluding hydrogens is 236 g/mol. The number of Topliss-reactive ketones (excluding diaryl/α,β-unsaturated/α-hetero) is 1. The molecule has 1 aliphatic rings. The molecule has 0 N–H and O–H groups in total. The van der Waals surface area contributed by atoms with Crippen LogP contribution >= 0.6 is 27.3 Å². The maximum atomic E-state index is 11.4. The van der Waals surface area contributed by atoms with Gasteiger partial charge in [0, 0.05) is 22.2 Å². The molecule has 0 aromatic carbocycles. The average molecular weight is 245 g/mol. The zero-order valence-electron chi connectivity index (χ0n) is 6.55. The Morgan fingerprint density at radius 1 is 1.50 bits per heavy atom. The van der Waals surface area contributed by atoms with Crippen LogP contribution in [0.4, 0.5) is 0 Å². The lowest BCUT2D eigenvalue weighted by Crippen LogP contribution is -2.02. The smallest absolute Gasteiger partial charge is 0.140 e. The van der Waals surface area contributed by atoms with Crippen LogP contribution in [-0.2, 0) is 4.79 Å². The van der Waals surface area contributed by atoms with Crippen molar-refractivity contribution in [1.29, 1.82) is 0 Å². The number of carbonyl (C=O) groups excluding carboxylic acids is 1. The molecule has 0 aliphatic heterocycles. The monoisotopic (exact) mass is 244 g/mol. The molecule has 1 heterocycles. The van der Waals surface area contributed by atoms with Gasteiger partial charge in [-0.05, 0) is 39.7 Å². The van der Waals surface area contributed by atoms with Gasteiger partial charge in [0.1, 0.15) is 5.78 Å². The third kappa shape index (κ3) is 1.36. The van der Waals surface area contributed by atoms with Gasteiger partial charge in [0.2, 0.25) is 0 Å². The number of halogens is 1. The van der Waals surface area contributed by atoms with E-state index in [0.29, 0.717) is 5.78 Å². The Morgan fingerprint density at radius 3 is 2.83 bits per heavy atom. The van der Waals surface area contributed by atoms with E-state index in [1.54, 1.807) is 11.3 Å². The number of carbonyl (C=O) groups is 1. The zero-order valence-corrected chi connectivity index (χ0v) is 8.95. The number of hydrogen-bond acceptors (Lipinski definition) is 2. The minimum Gasteiger partial charge on any atom is -0.299 e. The molecule has 0 bridgehead atoms. The van der Waals surface area contributed by atoms with Crippen molar-refractivity contribution in [2.24, 2.45) is 0 Å². The van der Waals surface area contributed by atoms with Gasteiger partial charge in [-0.3, -0.25) is 4.79 Å². The summed E-state index contributed by atoms with van der Waals surface area (Å²) in [7, 11) is 0. The molecular formula is C9H9BrOS. The second-order valence-electron chi connectivity index (χ2n) is 3.09. The van der Waals surface area contributed by atoms with E-state index < -0.39 is 0 Å². The van der Waals surface area contributed by atoms with Crippen molar-refractivity contribution in [3.05, 3.63) is 20.8 Å². The van der Waals surface area contributed by atoms with Gasteiger partial charge in [0.25, 0.3) is 0 Å². The fourth-order valence-electron chi connectivity index (χ4n) is 1.68. The summed E-state index contributed by atoms with van der Waals surface area (Å²) < 4.78 is 1.10. The highest BCUT2D eigenvalue weighted by Crippen LogP contribution is 2.36. The minimum atomic E-state index is 0.186. The SMILES string of the molecule is O=C1CCCC1c1cscc1Br. The molecule has 0 spiro atoms. The average Bonchev–Trinajstić information content (AvgIpc) is 2.59. The molecule has 64 valence electrons. The Bertz CT molecular complexity index is 305. The molecule has 1 nitrogen and oxygen atoms in total. The minimum absolute atomic E-state index is 0.186. The molecule has 0 saturated heterocycles. The number of hydrogen-bond donors (Lipinski definition) is 0. The maximum absolute atomic E-state index is 11.4. The molecule has 12 heavy (non-hydrogen) atoms. The first-order valence-corrected chi connectivity index (χ1v) is 5.77. The molecule has 0 radical (unpaired) electrons. The van der Waals surface area contributed by atoms with E-state index in [-0.39, 0.29) is 5.92 Å². The summed E-state index contributed by atoms with van der Waals surface area (Å²) in [6, 6.07) is 0. The second-order valence-corrected chi connectivity index (χ2v) is 4.68. The predicted molar refractivity (Wildman–Crippen MR) is 53.6 cm³/mol. The number of rotatable bonds is 1. The fraction of sp³-hybridized carbons (Fsp3) is 0.444. The first-order chi connectivity index (χ1) is 5.79. The largest absolute Gasteiger partial charge is 0.299 e. The molecule has 1 atom stereocenters. The van der Waals surface area contributed by atoms with Gasteiger partial charge in [0.05, 0.1) is 0 Å².